The fourth-order valence-electron chi connectivity index (χ4n) is 4.02. The highest BCUT2D eigenvalue weighted by Gasteiger charge is 2.17. The fraction of sp³-hybridized carbons (Fsp3) is 0.905. The van der Waals surface area contributed by atoms with Gasteiger partial charge in [-0.05, 0) is 18.7 Å². The Morgan fingerprint density at radius 3 is 1.79 bits per heavy atom. The van der Waals surface area contributed by atoms with Crippen LogP contribution in [0.3, 0.4) is 0 Å². The summed E-state index contributed by atoms with van der Waals surface area (Å²) in [6.45, 7) is 0.457. The first-order chi connectivity index (χ1) is 13.6. The van der Waals surface area contributed by atoms with Crippen LogP contribution in [0.4, 0.5) is 4.79 Å². The Morgan fingerprint density at radius 2 is 1.32 bits per heavy atom. The molecule has 0 aromatic heterocycles. The van der Waals surface area contributed by atoms with Crippen LogP contribution in [0, 0.1) is 0 Å². The zero-order valence-corrected chi connectivity index (χ0v) is 17.9. The van der Waals surface area contributed by atoms with Gasteiger partial charge in [-0.15, -0.1) is 0 Å². The molecule has 0 bridgehead atoms. The normalized spacial score (nSPS) is 19.6. The minimum absolute atomic E-state index is 0.0741. The lowest BCUT2D eigenvalue weighted by Gasteiger charge is -2.18. The van der Waals surface area contributed by atoms with Gasteiger partial charge < -0.3 is 22.0 Å². The molecule has 1 rings (SSSR count). The lowest BCUT2D eigenvalue weighted by molar-refractivity contribution is -0.120. The smallest absolute Gasteiger partial charge is 0.312 e. The summed E-state index contributed by atoms with van der Waals surface area (Å²) in [6.07, 6.45) is 19.9. The molecule has 0 saturated heterocycles. The Hall–Kier alpha value is -1.24. The number of carbonyl (C=O) groups is 2. The predicted molar refractivity (Wildman–Crippen MR) is 118 cm³/mol. The number of nitrogens with one attached hydrogen (secondary N) is 2. The molecule has 7 heteroatoms. The molecule has 0 aromatic rings. The Morgan fingerprint density at radius 1 is 0.857 bits per heavy atom. The van der Waals surface area contributed by atoms with E-state index in [4.69, 9.17) is 11.5 Å². The van der Waals surface area contributed by atoms with Crippen LogP contribution < -0.4 is 22.0 Å². The van der Waals surface area contributed by atoms with Gasteiger partial charge >= 0.3 is 6.03 Å². The summed E-state index contributed by atoms with van der Waals surface area (Å²) < 4.78 is 0. The van der Waals surface area contributed by atoms with Gasteiger partial charge in [0.1, 0.15) is 0 Å². The Bertz CT molecular complexity index is 407. The maximum Gasteiger partial charge on any atom is 0.312 e. The average molecular weight is 394 g/mol. The van der Waals surface area contributed by atoms with Gasteiger partial charge in [-0.1, -0.05) is 89.9 Å². The van der Waals surface area contributed by atoms with Crippen molar-refractivity contribution in [2.45, 2.75) is 115 Å². The van der Waals surface area contributed by atoms with Crippen LogP contribution in [0.1, 0.15) is 103 Å². The van der Waals surface area contributed by atoms with Gasteiger partial charge in [0.2, 0.25) is 13.3 Å². The molecule has 0 aromatic carbocycles. The maximum atomic E-state index is 12.3. The Labute approximate surface area is 172 Å². The first-order valence-electron chi connectivity index (χ1n) is 11.7. The second kappa shape index (κ2) is 16.7. The number of primary amides is 1. The van der Waals surface area contributed by atoms with Gasteiger partial charge in [0.25, 0.3) is 0 Å². The minimum atomic E-state index is -0.539. The van der Waals surface area contributed by atoms with Gasteiger partial charge in [-0.3, -0.25) is 4.79 Å². The molecule has 1 aliphatic rings. The van der Waals surface area contributed by atoms with E-state index in [9.17, 15) is 9.59 Å². The second-order valence-electron chi connectivity index (χ2n) is 8.47. The Balaban J connectivity index is 2.29. The number of hydrogen-bond acceptors (Lipinski definition) is 3. The SMILES string of the molecule is NC(=O)NCCC[C@H](N)C(=O)NBC1CCCCCCCCCCCCCC1. The van der Waals surface area contributed by atoms with E-state index in [1.807, 2.05) is 0 Å². The van der Waals surface area contributed by atoms with Crippen LogP contribution in [-0.4, -0.2) is 31.9 Å². The molecule has 1 atom stereocenters. The molecule has 0 spiro atoms. The first-order valence-corrected chi connectivity index (χ1v) is 11.7. The fourth-order valence-corrected chi connectivity index (χ4v) is 4.02. The van der Waals surface area contributed by atoms with E-state index in [0.29, 0.717) is 25.2 Å². The lowest BCUT2D eigenvalue weighted by atomic mass is 9.69. The zero-order valence-electron chi connectivity index (χ0n) is 17.9. The molecule has 162 valence electrons. The first kappa shape index (κ1) is 24.8. The van der Waals surface area contributed by atoms with E-state index in [1.165, 1.54) is 89.9 Å². The summed E-state index contributed by atoms with van der Waals surface area (Å²) in [6, 6.07) is -1.06. The quantitative estimate of drug-likeness (QED) is 0.392. The number of carbonyl (C=O) groups excluding carboxylic acids is 2. The summed E-state index contributed by atoms with van der Waals surface area (Å²) in [5.41, 5.74) is 11.0. The van der Waals surface area contributed by atoms with Crippen molar-refractivity contribution in [2.75, 3.05) is 6.54 Å². The van der Waals surface area contributed by atoms with Crippen molar-refractivity contribution in [3.05, 3.63) is 0 Å². The highest BCUT2D eigenvalue weighted by Crippen LogP contribution is 2.23. The second-order valence-corrected chi connectivity index (χ2v) is 8.47. The average Bonchev–Trinajstić information content (AvgIpc) is 2.68. The van der Waals surface area contributed by atoms with Gasteiger partial charge in [0.05, 0.1) is 6.04 Å². The third-order valence-electron chi connectivity index (χ3n) is 5.87. The van der Waals surface area contributed by atoms with Gasteiger partial charge in [0, 0.05) is 6.54 Å². The lowest BCUT2D eigenvalue weighted by Crippen LogP contribution is -2.43. The van der Waals surface area contributed by atoms with Crippen molar-refractivity contribution < 1.29 is 9.59 Å². The van der Waals surface area contributed by atoms with E-state index in [0.717, 1.165) is 7.41 Å². The van der Waals surface area contributed by atoms with Crippen molar-refractivity contribution in [3.63, 3.8) is 0 Å². The van der Waals surface area contributed by atoms with Crippen LogP contribution in [0.5, 0.6) is 0 Å². The molecule has 0 unspecified atom stereocenters. The summed E-state index contributed by atoms with van der Waals surface area (Å²) in [5.74, 6) is 0.493. The Kier molecular flexibility index (Phi) is 14.8. The number of rotatable bonds is 7. The van der Waals surface area contributed by atoms with Gasteiger partial charge in [0.15, 0.2) is 0 Å². The maximum absolute atomic E-state index is 12.3. The van der Waals surface area contributed by atoms with Crippen molar-refractivity contribution in [1.82, 2.24) is 10.5 Å². The van der Waals surface area contributed by atoms with Crippen molar-refractivity contribution in [2.24, 2.45) is 11.5 Å². The largest absolute Gasteiger partial charge is 0.401 e. The summed E-state index contributed by atoms with van der Waals surface area (Å²) >= 11 is 0. The van der Waals surface area contributed by atoms with E-state index in [-0.39, 0.29) is 5.91 Å². The highest BCUT2D eigenvalue weighted by molar-refractivity contribution is 6.39. The number of amides is 3. The molecule has 6 nitrogen and oxygen atoms in total. The molecule has 0 aliphatic heterocycles. The minimum Gasteiger partial charge on any atom is -0.401 e. The third-order valence-corrected chi connectivity index (χ3v) is 5.87. The highest BCUT2D eigenvalue weighted by atomic mass is 16.2. The van der Waals surface area contributed by atoms with E-state index < -0.39 is 12.1 Å². The molecule has 1 saturated carbocycles. The third kappa shape index (κ3) is 13.9. The van der Waals surface area contributed by atoms with Crippen LogP contribution in [0.15, 0.2) is 0 Å². The molecule has 6 N–H and O–H groups in total. The van der Waals surface area contributed by atoms with Crippen LogP contribution in [0.25, 0.3) is 0 Å². The van der Waals surface area contributed by atoms with Gasteiger partial charge in [-0.2, -0.15) is 0 Å². The van der Waals surface area contributed by atoms with Crippen molar-refractivity contribution >= 4 is 19.4 Å². The number of nitrogens with two attached hydrogens (primary N) is 2. The molecule has 0 radical (unpaired) electrons. The summed E-state index contributed by atoms with van der Waals surface area (Å²) in [5, 5.41) is 5.59. The predicted octanol–water partition coefficient (Wildman–Crippen LogP) is 3.49. The molecular weight excluding hydrogens is 351 g/mol. The molecule has 0 heterocycles. The van der Waals surface area contributed by atoms with Crippen LogP contribution in [0.2, 0.25) is 5.82 Å². The standard InChI is InChI=1S/C21H43BN4O2/c23-19(16-13-17-25-21(24)28)20(27)26-22-18-14-11-9-7-5-3-1-2-4-6-8-10-12-15-18/h18-19,22H,1-17,23H2,(H,26,27)(H3,24,25,28)/t19-/m0/s1. The monoisotopic (exact) mass is 394 g/mol. The number of hydrogen-bond donors (Lipinski definition) is 4. The molecule has 28 heavy (non-hydrogen) atoms. The summed E-state index contributed by atoms with van der Waals surface area (Å²) in [7, 11) is 0.742. The molecule has 1 aliphatic carbocycles. The van der Waals surface area contributed by atoms with E-state index in [1.54, 1.807) is 0 Å². The van der Waals surface area contributed by atoms with E-state index >= 15 is 0 Å². The van der Waals surface area contributed by atoms with E-state index in [2.05, 4.69) is 10.5 Å². The van der Waals surface area contributed by atoms with Crippen molar-refractivity contribution in [1.29, 1.82) is 0 Å². The van der Waals surface area contributed by atoms with Crippen molar-refractivity contribution in [3.8, 4) is 0 Å². The molecule has 3 amide bonds. The topological polar surface area (TPSA) is 110 Å². The van der Waals surface area contributed by atoms with Gasteiger partial charge in [-0.25, -0.2) is 4.79 Å². The number of urea groups is 1. The molecular formula is C21H43BN4O2. The molecule has 1 fully saturated rings. The summed E-state index contributed by atoms with van der Waals surface area (Å²) in [4.78, 5) is 22.9. The van der Waals surface area contributed by atoms with Crippen LogP contribution in [-0.2, 0) is 4.79 Å². The van der Waals surface area contributed by atoms with Crippen LogP contribution >= 0.6 is 0 Å². The zero-order chi connectivity index (χ0) is 20.5.